The first kappa shape index (κ1) is 25.9. The van der Waals surface area contributed by atoms with Gasteiger partial charge in [0, 0.05) is 55.6 Å². The van der Waals surface area contributed by atoms with Crippen LogP contribution in [0, 0.1) is 5.82 Å². The maximum atomic E-state index is 15.6. The van der Waals surface area contributed by atoms with E-state index in [-0.39, 0.29) is 5.91 Å². The van der Waals surface area contributed by atoms with E-state index in [4.69, 9.17) is 4.98 Å². The van der Waals surface area contributed by atoms with Crippen molar-refractivity contribution in [3.63, 3.8) is 0 Å². The summed E-state index contributed by atoms with van der Waals surface area (Å²) in [6.45, 7) is 1.18. The Bertz CT molecular complexity index is 1790. The lowest BCUT2D eigenvalue weighted by Gasteiger charge is -2.25. The molecule has 0 atom stereocenters. The lowest BCUT2D eigenvalue weighted by molar-refractivity contribution is 0.0964. The number of hydrogen-bond donors (Lipinski definition) is 2. The van der Waals surface area contributed by atoms with Crippen LogP contribution in [0.2, 0.25) is 0 Å². The zero-order valence-electron chi connectivity index (χ0n) is 22.7. The SMILES string of the molecule is CNC(=O)c1cnc(N(Cc2ccccc2)Cc2ccccc2)c2[nH]c(-c3ccc(-c4nncn4C)cc3F)cc12. The van der Waals surface area contributed by atoms with Crippen LogP contribution in [0.15, 0.2) is 97.5 Å². The van der Waals surface area contributed by atoms with Gasteiger partial charge in [0.05, 0.1) is 11.1 Å². The van der Waals surface area contributed by atoms with Gasteiger partial charge >= 0.3 is 0 Å². The molecule has 0 spiro atoms. The molecule has 0 saturated carbocycles. The Morgan fingerprint density at radius 1 is 0.976 bits per heavy atom. The number of H-pyrrole nitrogens is 1. The van der Waals surface area contributed by atoms with Gasteiger partial charge in [-0.3, -0.25) is 4.79 Å². The van der Waals surface area contributed by atoms with Crippen LogP contribution in [-0.4, -0.2) is 37.7 Å². The lowest BCUT2D eigenvalue weighted by atomic mass is 10.1. The van der Waals surface area contributed by atoms with Gasteiger partial charge in [0.25, 0.3) is 5.91 Å². The third-order valence-electron chi connectivity index (χ3n) is 7.08. The van der Waals surface area contributed by atoms with Crippen molar-refractivity contribution < 1.29 is 9.18 Å². The highest BCUT2D eigenvalue weighted by Crippen LogP contribution is 2.35. The van der Waals surface area contributed by atoms with Gasteiger partial charge in [0.15, 0.2) is 11.6 Å². The molecule has 6 rings (SSSR count). The molecule has 0 fully saturated rings. The van der Waals surface area contributed by atoms with E-state index in [1.807, 2.05) is 55.6 Å². The van der Waals surface area contributed by atoms with Crippen LogP contribution < -0.4 is 10.2 Å². The highest BCUT2D eigenvalue weighted by molar-refractivity contribution is 6.09. The first-order chi connectivity index (χ1) is 20.0. The summed E-state index contributed by atoms with van der Waals surface area (Å²) in [4.78, 5) is 23.2. The van der Waals surface area contributed by atoms with Crippen LogP contribution in [0.4, 0.5) is 10.2 Å². The number of aryl methyl sites for hydroxylation is 1. The normalized spacial score (nSPS) is 11.1. The number of rotatable bonds is 8. The van der Waals surface area contributed by atoms with Gasteiger partial charge in [-0.1, -0.05) is 66.7 Å². The number of halogens is 1. The number of fused-ring (bicyclic) bond motifs is 1. The molecule has 0 radical (unpaired) electrons. The molecule has 6 aromatic rings. The van der Waals surface area contributed by atoms with Crippen LogP contribution in [-0.2, 0) is 20.1 Å². The highest BCUT2D eigenvalue weighted by atomic mass is 19.1. The topological polar surface area (TPSA) is 91.7 Å². The summed E-state index contributed by atoms with van der Waals surface area (Å²) in [5.41, 5.74) is 4.83. The molecule has 3 aromatic carbocycles. The molecule has 3 aromatic heterocycles. The number of carbonyl (C=O) groups is 1. The van der Waals surface area contributed by atoms with Crippen LogP contribution in [0.3, 0.4) is 0 Å². The predicted octanol–water partition coefficient (Wildman–Crippen LogP) is 5.73. The minimum absolute atomic E-state index is 0.268. The first-order valence-electron chi connectivity index (χ1n) is 13.2. The highest BCUT2D eigenvalue weighted by Gasteiger charge is 2.22. The van der Waals surface area contributed by atoms with E-state index in [1.165, 1.54) is 6.07 Å². The lowest BCUT2D eigenvalue weighted by Crippen LogP contribution is -2.24. The molecule has 0 aliphatic carbocycles. The van der Waals surface area contributed by atoms with Crippen LogP contribution in [0.25, 0.3) is 33.5 Å². The molecule has 2 N–H and O–H groups in total. The fraction of sp³-hybridized carbons (Fsp3) is 0.125. The van der Waals surface area contributed by atoms with Gasteiger partial charge < -0.3 is 19.8 Å². The predicted molar refractivity (Wildman–Crippen MR) is 158 cm³/mol. The largest absolute Gasteiger partial charge is 0.355 e. The average Bonchev–Trinajstić information content (AvgIpc) is 3.63. The van der Waals surface area contributed by atoms with E-state index >= 15 is 4.39 Å². The van der Waals surface area contributed by atoms with E-state index in [2.05, 4.69) is 49.7 Å². The summed E-state index contributed by atoms with van der Waals surface area (Å²) in [6.07, 6.45) is 3.16. The quantitative estimate of drug-likeness (QED) is 0.255. The molecule has 3 heterocycles. The van der Waals surface area contributed by atoms with Crippen molar-refractivity contribution in [2.45, 2.75) is 13.1 Å². The summed E-state index contributed by atoms with van der Waals surface area (Å²) >= 11 is 0. The molecular weight excluding hydrogens is 517 g/mol. The Balaban J connectivity index is 1.48. The van der Waals surface area contributed by atoms with Crippen molar-refractivity contribution in [3.05, 3.63) is 120 Å². The molecule has 8 nitrogen and oxygen atoms in total. The minimum Gasteiger partial charge on any atom is -0.355 e. The smallest absolute Gasteiger partial charge is 0.253 e. The number of aromatic nitrogens is 5. The second kappa shape index (κ2) is 11.1. The summed E-state index contributed by atoms with van der Waals surface area (Å²) in [6, 6.07) is 27.1. The number of anilines is 1. The Morgan fingerprint density at radius 2 is 1.66 bits per heavy atom. The molecule has 0 aliphatic heterocycles. The van der Waals surface area contributed by atoms with Crippen molar-refractivity contribution in [3.8, 4) is 22.6 Å². The second-order valence-electron chi connectivity index (χ2n) is 9.83. The zero-order valence-corrected chi connectivity index (χ0v) is 22.7. The van der Waals surface area contributed by atoms with Crippen molar-refractivity contribution >= 4 is 22.6 Å². The van der Waals surface area contributed by atoms with Crippen molar-refractivity contribution in [1.29, 1.82) is 0 Å². The number of nitrogens with one attached hydrogen (secondary N) is 2. The summed E-state index contributed by atoms with van der Waals surface area (Å²) < 4.78 is 17.3. The van der Waals surface area contributed by atoms with Gasteiger partial charge in [-0.15, -0.1) is 10.2 Å². The number of hydrogen-bond acceptors (Lipinski definition) is 5. The van der Waals surface area contributed by atoms with Crippen LogP contribution >= 0.6 is 0 Å². The number of amides is 1. The van der Waals surface area contributed by atoms with E-state index in [0.717, 1.165) is 11.1 Å². The van der Waals surface area contributed by atoms with E-state index in [9.17, 15) is 4.79 Å². The third-order valence-corrected chi connectivity index (χ3v) is 7.08. The van der Waals surface area contributed by atoms with E-state index in [0.29, 0.717) is 58.0 Å². The van der Waals surface area contributed by atoms with Gasteiger partial charge in [-0.05, 0) is 29.3 Å². The van der Waals surface area contributed by atoms with Gasteiger partial charge in [0.1, 0.15) is 12.1 Å². The molecule has 0 aliphatic rings. The first-order valence-corrected chi connectivity index (χ1v) is 13.2. The molecule has 0 saturated heterocycles. The van der Waals surface area contributed by atoms with Crippen molar-refractivity contribution in [1.82, 2.24) is 30.0 Å². The molecule has 204 valence electrons. The van der Waals surface area contributed by atoms with Crippen LogP contribution in [0.5, 0.6) is 0 Å². The number of aromatic amines is 1. The standard InChI is InChI=1S/C32H28FN7O/c1-34-32(41)26-17-35-31(40(18-21-9-5-3-6-10-21)19-22-11-7-4-8-12-22)29-25(26)16-28(37-29)24-14-13-23(15-27(24)33)30-38-36-20-39(30)2/h3-17,20,37H,18-19H2,1-2H3,(H,34,41). The maximum absolute atomic E-state index is 15.6. The molecule has 0 unspecified atom stereocenters. The molecule has 0 bridgehead atoms. The third kappa shape index (κ3) is 5.17. The Kier molecular flexibility index (Phi) is 6.99. The number of carbonyl (C=O) groups excluding carboxylic acids is 1. The van der Waals surface area contributed by atoms with Gasteiger partial charge in [0.2, 0.25) is 0 Å². The maximum Gasteiger partial charge on any atom is 0.253 e. The monoisotopic (exact) mass is 545 g/mol. The number of benzene rings is 3. The molecular formula is C32H28FN7O. The van der Waals surface area contributed by atoms with Crippen molar-refractivity contribution in [2.75, 3.05) is 11.9 Å². The second-order valence-corrected chi connectivity index (χ2v) is 9.83. The van der Waals surface area contributed by atoms with Gasteiger partial charge in [-0.2, -0.15) is 0 Å². The van der Waals surface area contributed by atoms with Crippen molar-refractivity contribution in [2.24, 2.45) is 7.05 Å². The molecule has 9 heteroatoms. The fourth-order valence-corrected chi connectivity index (χ4v) is 5.03. The average molecular weight is 546 g/mol. The Hall–Kier alpha value is -5.31. The zero-order chi connectivity index (χ0) is 28.3. The summed E-state index contributed by atoms with van der Waals surface area (Å²) in [7, 11) is 3.39. The Labute approximate surface area is 236 Å². The fourth-order valence-electron chi connectivity index (χ4n) is 5.03. The molecule has 1 amide bonds. The number of nitrogens with zero attached hydrogens (tertiary/aromatic N) is 5. The molecule has 41 heavy (non-hydrogen) atoms. The minimum atomic E-state index is -0.418. The van der Waals surface area contributed by atoms with Gasteiger partial charge in [-0.25, -0.2) is 9.37 Å². The number of pyridine rings is 1. The van der Waals surface area contributed by atoms with Crippen LogP contribution in [0.1, 0.15) is 21.5 Å². The Morgan fingerprint density at radius 3 is 2.24 bits per heavy atom. The summed E-state index contributed by atoms with van der Waals surface area (Å²) in [5.74, 6) is 0.550. The van der Waals surface area contributed by atoms with E-state index < -0.39 is 5.82 Å². The summed E-state index contributed by atoms with van der Waals surface area (Å²) in [5, 5.41) is 11.3. The van der Waals surface area contributed by atoms with E-state index in [1.54, 1.807) is 30.2 Å².